The van der Waals surface area contributed by atoms with E-state index in [0.717, 1.165) is 64.6 Å². The monoisotopic (exact) mass is 640 g/mol. The van der Waals surface area contributed by atoms with Crippen molar-refractivity contribution in [2.45, 2.75) is 134 Å². The fraction of sp³-hybridized carbons (Fsp3) is 0.848. The molecule has 0 spiro atoms. The molecular formula is C33H65N7O5. The molecule has 262 valence electrons. The summed E-state index contributed by atoms with van der Waals surface area (Å²) in [5.74, 6) is -0.577. The molecular weight excluding hydrogens is 574 g/mol. The predicted molar refractivity (Wildman–Crippen MR) is 181 cm³/mol. The minimum Gasteiger partial charge on any atom is -0.353 e. The van der Waals surface area contributed by atoms with E-state index in [-0.39, 0.29) is 73.1 Å². The number of Topliss-reactive ketones (excluding diaryl/α,β-unsaturated/α-hetero) is 2. The van der Waals surface area contributed by atoms with Crippen LogP contribution >= 0.6 is 0 Å². The molecule has 12 heteroatoms. The normalized spacial score (nSPS) is 13.8. The molecule has 0 aromatic rings. The minimum atomic E-state index is -0.415. The van der Waals surface area contributed by atoms with E-state index in [9.17, 15) is 24.0 Å². The number of carbonyl (C=O) groups excluding carboxylic acids is 5. The van der Waals surface area contributed by atoms with E-state index in [2.05, 4.69) is 37.2 Å². The standard InChI is InChI=1S/C33H65N7O5/c1-25(41)16-17-30(21-26(2)42)40-33(45)24-29(15-9-12-20-36-5)39-32(44)23-28(14-8-11-19-35-4)38-31(43)22-27(37-6)13-7-10-18-34-3/h27-30,34-37H,7-24H2,1-6H3,(H,38,43)(H,39,44)(H,40,45). The summed E-state index contributed by atoms with van der Waals surface area (Å²) in [6.07, 6.45) is 9.24. The molecule has 12 nitrogen and oxygen atoms in total. The van der Waals surface area contributed by atoms with Gasteiger partial charge in [-0.05, 0) is 107 Å². The van der Waals surface area contributed by atoms with Gasteiger partial charge in [0, 0.05) is 56.3 Å². The Balaban J connectivity index is 5.38. The van der Waals surface area contributed by atoms with Crippen molar-refractivity contribution in [2.24, 2.45) is 0 Å². The molecule has 0 aliphatic carbocycles. The smallest absolute Gasteiger partial charge is 0.222 e. The van der Waals surface area contributed by atoms with E-state index >= 15 is 0 Å². The first-order valence-electron chi connectivity index (χ1n) is 17.0. The first-order valence-corrected chi connectivity index (χ1v) is 17.0. The van der Waals surface area contributed by atoms with Gasteiger partial charge in [0.05, 0.1) is 0 Å². The van der Waals surface area contributed by atoms with Crippen LogP contribution in [-0.4, -0.2) is 101 Å². The summed E-state index contributed by atoms with van der Waals surface area (Å²) in [5, 5.41) is 21.7. The molecule has 45 heavy (non-hydrogen) atoms. The van der Waals surface area contributed by atoms with Crippen LogP contribution in [0.3, 0.4) is 0 Å². The van der Waals surface area contributed by atoms with Crippen LogP contribution in [0.15, 0.2) is 0 Å². The van der Waals surface area contributed by atoms with Crippen molar-refractivity contribution in [3.05, 3.63) is 0 Å². The molecule has 4 unspecified atom stereocenters. The van der Waals surface area contributed by atoms with Gasteiger partial charge in [-0.2, -0.15) is 0 Å². The van der Waals surface area contributed by atoms with Crippen LogP contribution in [0.5, 0.6) is 0 Å². The maximum Gasteiger partial charge on any atom is 0.222 e. The van der Waals surface area contributed by atoms with Gasteiger partial charge in [-0.15, -0.1) is 0 Å². The minimum absolute atomic E-state index is 0.00563. The predicted octanol–water partition coefficient (Wildman–Crippen LogP) is 1.72. The van der Waals surface area contributed by atoms with Crippen molar-refractivity contribution in [2.75, 3.05) is 47.8 Å². The van der Waals surface area contributed by atoms with Crippen molar-refractivity contribution in [3.8, 4) is 0 Å². The van der Waals surface area contributed by atoms with E-state index in [4.69, 9.17) is 0 Å². The van der Waals surface area contributed by atoms with E-state index in [0.29, 0.717) is 25.7 Å². The Kier molecular flexibility index (Phi) is 26.4. The van der Waals surface area contributed by atoms with Gasteiger partial charge in [0.1, 0.15) is 11.6 Å². The third-order valence-electron chi connectivity index (χ3n) is 7.87. The number of unbranched alkanes of at least 4 members (excludes halogenated alkanes) is 3. The number of carbonyl (C=O) groups is 5. The summed E-state index contributed by atoms with van der Waals surface area (Å²) in [6, 6.07) is -1.03. The Hall–Kier alpha value is -2.41. The molecule has 0 saturated carbocycles. The van der Waals surface area contributed by atoms with Gasteiger partial charge in [-0.3, -0.25) is 19.2 Å². The van der Waals surface area contributed by atoms with Crippen LogP contribution in [0.2, 0.25) is 0 Å². The van der Waals surface area contributed by atoms with Crippen LogP contribution in [0.25, 0.3) is 0 Å². The van der Waals surface area contributed by atoms with E-state index in [1.807, 2.05) is 28.2 Å². The average Bonchev–Trinajstić information content (AvgIpc) is 2.97. The van der Waals surface area contributed by atoms with Gasteiger partial charge in [0.25, 0.3) is 0 Å². The van der Waals surface area contributed by atoms with Gasteiger partial charge in [0.15, 0.2) is 0 Å². The van der Waals surface area contributed by atoms with Gasteiger partial charge in [-0.1, -0.05) is 19.3 Å². The second-order valence-electron chi connectivity index (χ2n) is 12.3. The van der Waals surface area contributed by atoms with Crippen LogP contribution in [0.4, 0.5) is 0 Å². The topological polar surface area (TPSA) is 170 Å². The quantitative estimate of drug-likeness (QED) is 0.0579. The second-order valence-corrected chi connectivity index (χ2v) is 12.3. The SMILES string of the molecule is CNCCCCC(CC(=O)NC(CCCCNC)CC(=O)NC(CCCCNC)CC(=O)NC(CCC(C)=O)CC(C)=O)NC. The molecule has 3 amide bonds. The van der Waals surface area contributed by atoms with E-state index in [1.165, 1.54) is 13.8 Å². The molecule has 7 N–H and O–H groups in total. The molecule has 0 rings (SSSR count). The third-order valence-corrected chi connectivity index (χ3v) is 7.87. The lowest BCUT2D eigenvalue weighted by Crippen LogP contribution is -2.45. The highest BCUT2D eigenvalue weighted by molar-refractivity contribution is 5.82. The first-order chi connectivity index (χ1) is 21.5. The second kappa shape index (κ2) is 27.9. The number of rotatable bonds is 30. The summed E-state index contributed by atoms with van der Waals surface area (Å²) in [4.78, 5) is 62.6. The Morgan fingerprint density at radius 2 is 0.800 bits per heavy atom. The third kappa shape index (κ3) is 25.5. The number of amides is 3. The molecule has 0 aromatic carbocycles. The lowest BCUT2D eigenvalue weighted by molar-refractivity contribution is -0.125. The van der Waals surface area contributed by atoms with Crippen molar-refractivity contribution < 1.29 is 24.0 Å². The van der Waals surface area contributed by atoms with Crippen molar-refractivity contribution in [1.82, 2.24) is 37.2 Å². The van der Waals surface area contributed by atoms with E-state index in [1.54, 1.807) is 0 Å². The Morgan fingerprint density at radius 1 is 0.444 bits per heavy atom. The molecule has 4 atom stereocenters. The molecule has 0 radical (unpaired) electrons. The fourth-order valence-electron chi connectivity index (χ4n) is 5.36. The molecule has 0 aliphatic heterocycles. The largest absolute Gasteiger partial charge is 0.353 e. The highest BCUT2D eigenvalue weighted by Gasteiger charge is 2.23. The number of nitrogens with one attached hydrogen (secondary N) is 7. The lowest BCUT2D eigenvalue weighted by Gasteiger charge is -2.24. The maximum atomic E-state index is 13.3. The molecule has 0 bridgehead atoms. The summed E-state index contributed by atoms with van der Waals surface area (Å²) in [7, 11) is 7.59. The highest BCUT2D eigenvalue weighted by atomic mass is 16.2. The van der Waals surface area contributed by atoms with Gasteiger partial charge in [0.2, 0.25) is 17.7 Å². The molecule has 0 saturated heterocycles. The van der Waals surface area contributed by atoms with Gasteiger partial charge >= 0.3 is 0 Å². The zero-order chi connectivity index (χ0) is 33.9. The Labute approximate surface area is 272 Å². The summed E-state index contributed by atoms with van der Waals surface area (Å²) in [5.41, 5.74) is 0. The number of ketones is 2. The van der Waals surface area contributed by atoms with Crippen molar-refractivity contribution in [1.29, 1.82) is 0 Å². The van der Waals surface area contributed by atoms with Crippen LogP contribution in [-0.2, 0) is 24.0 Å². The van der Waals surface area contributed by atoms with Crippen LogP contribution in [0, 0.1) is 0 Å². The number of hydrogen-bond acceptors (Lipinski definition) is 9. The first kappa shape index (κ1) is 42.6. The zero-order valence-corrected chi connectivity index (χ0v) is 29.1. The van der Waals surface area contributed by atoms with E-state index < -0.39 is 6.04 Å². The average molecular weight is 640 g/mol. The maximum absolute atomic E-state index is 13.3. The summed E-state index contributed by atoms with van der Waals surface area (Å²) in [6.45, 7) is 5.61. The summed E-state index contributed by atoms with van der Waals surface area (Å²) >= 11 is 0. The molecule has 0 heterocycles. The van der Waals surface area contributed by atoms with Gasteiger partial charge < -0.3 is 42.0 Å². The highest BCUT2D eigenvalue weighted by Crippen LogP contribution is 2.12. The zero-order valence-electron chi connectivity index (χ0n) is 29.1. The molecule has 0 fully saturated rings. The molecule has 0 aromatic heterocycles. The fourth-order valence-corrected chi connectivity index (χ4v) is 5.36. The van der Waals surface area contributed by atoms with Crippen molar-refractivity contribution >= 4 is 29.3 Å². The lowest BCUT2D eigenvalue weighted by atomic mass is 10.0. The summed E-state index contributed by atoms with van der Waals surface area (Å²) < 4.78 is 0. The van der Waals surface area contributed by atoms with Crippen LogP contribution < -0.4 is 37.2 Å². The van der Waals surface area contributed by atoms with Crippen LogP contribution in [0.1, 0.15) is 110 Å². The Morgan fingerprint density at radius 3 is 1.13 bits per heavy atom. The van der Waals surface area contributed by atoms with Gasteiger partial charge in [-0.25, -0.2) is 0 Å². The Bertz CT molecular complexity index is 842. The molecule has 0 aliphatic rings. The van der Waals surface area contributed by atoms with Crippen molar-refractivity contribution in [3.63, 3.8) is 0 Å². The number of hydrogen-bond donors (Lipinski definition) is 7.